The summed E-state index contributed by atoms with van der Waals surface area (Å²) in [5.74, 6) is 0.792. The molecule has 10 heteroatoms. The highest BCUT2D eigenvalue weighted by molar-refractivity contribution is 7.92. The van der Waals surface area contributed by atoms with Crippen molar-refractivity contribution in [2.45, 2.75) is 25.2 Å². The molecule has 0 aliphatic carbocycles. The largest absolute Gasteiger partial charge is 0.495 e. The zero-order valence-corrected chi connectivity index (χ0v) is 22.3. The second-order valence-corrected chi connectivity index (χ2v) is 9.88. The number of rotatable bonds is 11. The van der Waals surface area contributed by atoms with Gasteiger partial charge in [0.25, 0.3) is 15.9 Å². The van der Waals surface area contributed by atoms with Crippen LogP contribution in [0.4, 0.5) is 5.69 Å². The number of nitrogens with zero attached hydrogens (tertiary/aromatic N) is 2. The highest BCUT2D eigenvalue weighted by atomic mass is 32.2. The molecular formula is C27H31N3O6S. The normalized spacial score (nSPS) is 11.5. The molecule has 0 atom stereocenters. The first-order valence-electron chi connectivity index (χ1n) is 11.5. The number of amides is 1. The molecule has 3 aromatic rings. The molecule has 0 radical (unpaired) electrons. The molecule has 0 aromatic heterocycles. The molecule has 1 N–H and O–H groups in total. The number of ether oxygens (including phenoxy) is 3. The van der Waals surface area contributed by atoms with E-state index in [4.69, 9.17) is 14.2 Å². The Hall–Kier alpha value is -4.05. The third-order valence-electron chi connectivity index (χ3n) is 5.62. The zero-order valence-electron chi connectivity index (χ0n) is 21.5. The van der Waals surface area contributed by atoms with Gasteiger partial charge in [0.05, 0.1) is 37.6 Å². The average Bonchev–Trinajstić information content (AvgIpc) is 2.92. The van der Waals surface area contributed by atoms with Gasteiger partial charge in [0.15, 0.2) is 11.5 Å². The van der Waals surface area contributed by atoms with Gasteiger partial charge in [-0.05, 0) is 55.8 Å². The summed E-state index contributed by atoms with van der Waals surface area (Å²) >= 11 is 0. The second-order valence-electron chi connectivity index (χ2n) is 8.01. The molecule has 3 rings (SSSR count). The highest BCUT2D eigenvalue weighted by Crippen LogP contribution is 2.32. The summed E-state index contributed by atoms with van der Waals surface area (Å²) in [6.45, 7) is 3.25. The van der Waals surface area contributed by atoms with E-state index in [1.807, 2.05) is 13.8 Å². The molecule has 0 saturated carbocycles. The van der Waals surface area contributed by atoms with Crippen molar-refractivity contribution >= 4 is 27.3 Å². The predicted octanol–water partition coefficient (Wildman–Crippen LogP) is 4.15. The Bertz CT molecular complexity index is 1370. The molecule has 0 saturated heterocycles. The van der Waals surface area contributed by atoms with E-state index in [-0.39, 0.29) is 10.6 Å². The fourth-order valence-electron chi connectivity index (χ4n) is 3.63. The molecular weight excluding hydrogens is 494 g/mol. The van der Waals surface area contributed by atoms with Gasteiger partial charge in [-0.25, -0.2) is 13.8 Å². The molecule has 0 spiro atoms. The lowest BCUT2D eigenvalue weighted by molar-refractivity contribution is -0.119. The van der Waals surface area contributed by atoms with Gasteiger partial charge in [-0.2, -0.15) is 5.10 Å². The van der Waals surface area contributed by atoms with Crippen molar-refractivity contribution in [3.05, 3.63) is 77.9 Å². The molecule has 0 fully saturated rings. The standard InChI is InChI=1S/C27H31N3O6S/c1-6-22(20-13-16-25(35-4)26(17-20)36-5)28-29-27(31)18-30(23-9-7-8-10-24(23)34-3)37(32,33)21-14-11-19(2)12-15-21/h7-17H,6,18H2,1-5H3,(H,29,31)/b28-22+. The number of hydrogen-bond acceptors (Lipinski definition) is 7. The van der Waals surface area contributed by atoms with Crippen LogP contribution in [0.25, 0.3) is 0 Å². The Morgan fingerprint density at radius 3 is 2.16 bits per heavy atom. The first kappa shape index (κ1) is 27.5. The minimum Gasteiger partial charge on any atom is -0.495 e. The minimum absolute atomic E-state index is 0.0554. The summed E-state index contributed by atoms with van der Waals surface area (Å²) in [7, 11) is 0.424. The Morgan fingerprint density at radius 2 is 1.54 bits per heavy atom. The summed E-state index contributed by atoms with van der Waals surface area (Å²) in [6.07, 6.45) is 0.508. The number of sulfonamides is 1. The Morgan fingerprint density at radius 1 is 0.892 bits per heavy atom. The Balaban J connectivity index is 1.93. The van der Waals surface area contributed by atoms with Gasteiger partial charge in [-0.1, -0.05) is 36.8 Å². The minimum atomic E-state index is -4.10. The fraction of sp³-hybridized carbons (Fsp3) is 0.259. The van der Waals surface area contributed by atoms with Crippen LogP contribution in [0.3, 0.4) is 0 Å². The maximum atomic E-state index is 13.6. The predicted molar refractivity (Wildman–Crippen MR) is 143 cm³/mol. The fourth-order valence-corrected chi connectivity index (χ4v) is 5.06. The van der Waals surface area contributed by atoms with Crippen LogP contribution < -0.4 is 23.9 Å². The maximum absolute atomic E-state index is 13.6. The Labute approximate surface area is 217 Å². The van der Waals surface area contributed by atoms with E-state index in [9.17, 15) is 13.2 Å². The van der Waals surface area contributed by atoms with E-state index < -0.39 is 22.5 Å². The van der Waals surface area contributed by atoms with Crippen LogP contribution in [0.2, 0.25) is 0 Å². The summed E-state index contributed by atoms with van der Waals surface area (Å²) in [4.78, 5) is 13.1. The third kappa shape index (κ3) is 6.39. The van der Waals surface area contributed by atoms with E-state index >= 15 is 0 Å². The van der Waals surface area contributed by atoms with E-state index in [0.717, 1.165) is 15.4 Å². The third-order valence-corrected chi connectivity index (χ3v) is 7.39. The lowest BCUT2D eigenvalue weighted by atomic mass is 10.1. The second kappa shape index (κ2) is 12.3. The van der Waals surface area contributed by atoms with Crippen LogP contribution in [0, 0.1) is 6.92 Å². The highest BCUT2D eigenvalue weighted by Gasteiger charge is 2.29. The number of carbonyl (C=O) groups excluding carboxylic acids is 1. The van der Waals surface area contributed by atoms with E-state index in [1.54, 1.807) is 61.7 Å². The van der Waals surface area contributed by atoms with Gasteiger partial charge in [-0.15, -0.1) is 0 Å². The zero-order chi connectivity index (χ0) is 27.0. The first-order chi connectivity index (χ1) is 17.7. The molecule has 1 amide bonds. The van der Waals surface area contributed by atoms with Crippen LogP contribution in [0.15, 0.2) is 76.7 Å². The molecule has 0 unspecified atom stereocenters. The first-order valence-corrected chi connectivity index (χ1v) is 13.0. The Kier molecular flexibility index (Phi) is 9.13. The van der Waals surface area contributed by atoms with Crippen molar-refractivity contribution in [2.75, 3.05) is 32.2 Å². The van der Waals surface area contributed by atoms with Crippen LogP contribution in [0.5, 0.6) is 17.2 Å². The number of anilines is 1. The molecule has 0 heterocycles. The number of aryl methyl sites for hydroxylation is 1. The number of benzene rings is 3. The van der Waals surface area contributed by atoms with Gasteiger partial charge < -0.3 is 14.2 Å². The molecule has 0 bridgehead atoms. The van der Waals surface area contributed by atoms with Gasteiger partial charge in [0.1, 0.15) is 12.3 Å². The van der Waals surface area contributed by atoms with Gasteiger partial charge in [-0.3, -0.25) is 9.10 Å². The smallest absolute Gasteiger partial charge is 0.264 e. The molecule has 9 nitrogen and oxygen atoms in total. The summed E-state index contributed by atoms with van der Waals surface area (Å²) in [5.41, 5.74) is 4.96. The van der Waals surface area contributed by atoms with E-state index in [2.05, 4.69) is 10.5 Å². The van der Waals surface area contributed by atoms with Crippen LogP contribution in [0.1, 0.15) is 24.5 Å². The lowest BCUT2D eigenvalue weighted by Gasteiger charge is -2.25. The van der Waals surface area contributed by atoms with E-state index in [0.29, 0.717) is 29.4 Å². The van der Waals surface area contributed by atoms with Gasteiger partial charge in [0.2, 0.25) is 0 Å². The lowest BCUT2D eigenvalue weighted by Crippen LogP contribution is -2.40. The molecule has 3 aromatic carbocycles. The van der Waals surface area contributed by atoms with Crippen molar-refractivity contribution in [1.29, 1.82) is 0 Å². The molecule has 196 valence electrons. The number of methoxy groups -OCH3 is 3. The SMILES string of the molecule is CC/C(=N\NC(=O)CN(c1ccccc1OC)S(=O)(=O)c1ccc(C)cc1)c1ccc(OC)c(OC)c1. The summed E-state index contributed by atoms with van der Waals surface area (Å²) in [6, 6.07) is 18.4. The monoisotopic (exact) mass is 525 g/mol. The number of hydrazone groups is 1. The van der Waals surface area contributed by atoms with Crippen molar-refractivity contribution in [3.8, 4) is 17.2 Å². The summed E-state index contributed by atoms with van der Waals surface area (Å²) < 4.78 is 44.3. The number of para-hydroxylation sites is 2. The van der Waals surface area contributed by atoms with Gasteiger partial charge >= 0.3 is 0 Å². The maximum Gasteiger partial charge on any atom is 0.264 e. The van der Waals surface area contributed by atoms with Crippen molar-refractivity contribution < 1.29 is 27.4 Å². The molecule has 0 aliphatic heterocycles. The van der Waals surface area contributed by atoms with Crippen molar-refractivity contribution in [1.82, 2.24) is 5.43 Å². The number of nitrogens with one attached hydrogen (secondary N) is 1. The topological polar surface area (TPSA) is 107 Å². The number of hydrogen-bond donors (Lipinski definition) is 1. The summed E-state index contributed by atoms with van der Waals surface area (Å²) in [5, 5.41) is 4.27. The van der Waals surface area contributed by atoms with Crippen LogP contribution in [-0.4, -0.2) is 47.9 Å². The van der Waals surface area contributed by atoms with E-state index in [1.165, 1.54) is 26.4 Å². The number of carbonyl (C=O) groups is 1. The average molecular weight is 526 g/mol. The van der Waals surface area contributed by atoms with Crippen molar-refractivity contribution in [2.24, 2.45) is 5.10 Å². The quantitative estimate of drug-likeness (QED) is 0.298. The van der Waals surface area contributed by atoms with Crippen molar-refractivity contribution in [3.63, 3.8) is 0 Å². The van der Waals surface area contributed by atoms with Gasteiger partial charge in [0, 0.05) is 5.56 Å². The molecule has 0 aliphatic rings. The molecule has 37 heavy (non-hydrogen) atoms. The van der Waals surface area contributed by atoms with Crippen LogP contribution >= 0.6 is 0 Å². The van der Waals surface area contributed by atoms with Crippen LogP contribution in [-0.2, 0) is 14.8 Å².